The maximum Gasteiger partial charge on any atom is 0.251 e. The van der Waals surface area contributed by atoms with Crippen molar-refractivity contribution in [1.29, 1.82) is 0 Å². The van der Waals surface area contributed by atoms with Crippen LogP contribution in [0.5, 0.6) is 0 Å². The summed E-state index contributed by atoms with van der Waals surface area (Å²) in [6.45, 7) is 1.47. The van der Waals surface area contributed by atoms with Crippen molar-refractivity contribution in [3.8, 4) is 0 Å². The Morgan fingerprint density at radius 2 is 1.76 bits per heavy atom. The van der Waals surface area contributed by atoms with Crippen molar-refractivity contribution in [2.24, 2.45) is 0 Å². The van der Waals surface area contributed by atoms with Gasteiger partial charge in [0.05, 0.1) is 4.90 Å². The van der Waals surface area contributed by atoms with Gasteiger partial charge in [-0.1, -0.05) is 23.7 Å². The molecule has 1 N–H and O–H groups in total. The van der Waals surface area contributed by atoms with Crippen molar-refractivity contribution in [1.82, 2.24) is 9.62 Å². The number of benzene rings is 2. The first-order valence-corrected chi connectivity index (χ1v) is 9.91. The quantitative estimate of drug-likeness (QED) is 0.869. The third kappa shape index (κ3) is 4.21. The van der Waals surface area contributed by atoms with Crippen molar-refractivity contribution in [2.45, 2.75) is 24.3 Å². The van der Waals surface area contributed by atoms with Crippen molar-refractivity contribution in [2.75, 3.05) is 13.1 Å². The molecule has 0 bridgehead atoms. The van der Waals surface area contributed by atoms with Crippen LogP contribution >= 0.6 is 11.6 Å². The molecule has 132 valence electrons. The number of nitrogens with one attached hydrogen (secondary N) is 1. The number of sulfonamides is 1. The van der Waals surface area contributed by atoms with Crippen LogP contribution in [0.1, 0.15) is 28.8 Å². The van der Waals surface area contributed by atoms with Crippen LogP contribution in [0.3, 0.4) is 0 Å². The number of carbonyl (C=O) groups excluding carboxylic acids is 1. The lowest BCUT2D eigenvalue weighted by Gasteiger charge is -2.15. The van der Waals surface area contributed by atoms with E-state index in [9.17, 15) is 13.2 Å². The van der Waals surface area contributed by atoms with E-state index in [1.54, 1.807) is 12.1 Å². The topological polar surface area (TPSA) is 66.5 Å². The largest absolute Gasteiger partial charge is 0.348 e. The fourth-order valence-electron chi connectivity index (χ4n) is 2.79. The Labute approximate surface area is 152 Å². The highest BCUT2D eigenvalue weighted by atomic mass is 35.5. The second-order valence-corrected chi connectivity index (χ2v) is 8.32. The minimum atomic E-state index is -3.45. The molecule has 25 heavy (non-hydrogen) atoms. The number of halogens is 1. The monoisotopic (exact) mass is 378 g/mol. The van der Waals surface area contributed by atoms with Crippen LogP contribution in [0.4, 0.5) is 0 Å². The van der Waals surface area contributed by atoms with Crippen LogP contribution in [0.25, 0.3) is 0 Å². The highest BCUT2D eigenvalue weighted by molar-refractivity contribution is 7.89. The van der Waals surface area contributed by atoms with Crippen molar-refractivity contribution in [3.05, 3.63) is 64.7 Å². The molecule has 1 aliphatic heterocycles. The van der Waals surface area contributed by atoms with E-state index >= 15 is 0 Å². The first kappa shape index (κ1) is 17.9. The Kier molecular flexibility index (Phi) is 5.42. The summed E-state index contributed by atoms with van der Waals surface area (Å²) in [5.41, 5.74) is 1.32. The zero-order valence-corrected chi connectivity index (χ0v) is 15.2. The molecule has 1 amide bonds. The molecule has 2 aromatic carbocycles. The Bertz CT molecular complexity index is 860. The van der Waals surface area contributed by atoms with E-state index in [1.165, 1.54) is 28.6 Å². The molecule has 5 nitrogen and oxygen atoms in total. The molecule has 0 unspecified atom stereocenters. The summed E-state index contributed by atoms with van der Waals surface area (Å²) in [4.78, 5) is 12.4. The third-order valence-electron chi connectivity index (χ3n) is 4.16. The van der Waals surface area contributed by atoms with Crippen LogP contribution in [0.2, 0.25) is 5.02 Å². The molecule has 0 atom stereocenters. The van der Waals surface area contributed by atoms with Gasteiger partial charge in [-0.2, -0.15) is 4.31 Å². The maximum atomic E-state index is 12.5. The van der Waals surface area contributed by atoms with Crippen molar-refractivity contribution < 1.29 is 13.2 Å². The molecule has 7 heteroatoms. The minimum absolute atomic E-state index is 0.223. The average Bonchev–Trinajstić information content (AvgIpc) is 3.15. The summed E-state index contributed by atoms with van der Waals surface area (Å²) in [6, 6.07) is 13.3. The van der Waals surface area contributed by atoms with Crippen LogP contribution in [-0.2, 0) is 16.6 Å². The van der Waals surface area contributed by atoms with Gasteiger partial charge in [-0.3, -0.25) is 4.79 Å². The minimum Gasteiger partial charge on any atom is -0.348 e. The van der Waals surface area contributed by atoms with E-state index < -0.39 is 10.0 Å². The summed E-state index contributed by atoms with van der Waals surface area (Å²) in [5.74, 6) is -0.259. The number of carbonyl (C=O) groups is 1. The molecule has 0 aromatic heterocycles. The van der Waals surface area contributed by atoms with Gasteiger partial charge in [0, 0.05) is 30.2 Å². The Balaban J connectivity index is 1.66. The molecule has 0 spiro atoms. The Morgan fingerprint density at radius 1 is 1.08 bits per heavy atom. The second kappa shape index (κ2) is 7.56. The predicted octanol–water partition coefficient (Wildman–Crippen LogP) is 3.05. The zero-order chi connectivity index (χ0) is 17.9. The van der Waals surface area contributed by atoms with E-state index in [1.807, 2.05) is 12.1 Å². The van der Waals surface area contributed by atoms with E-state index in [2.05, 4.69) is 5.32 Å². The van der Waals surface area contributed by atoms with E-state index in [-0.39, 0.29) is 10.8 Å². The average molecular weight is 379 g/mol. The summed E-state index contributed by atoms with van der Waals surface area (Å²) < 4.78 is 26.4. The number of rotatable bonds is 5. The fraction of sp³-hybridized carbons (Fsp3) is 0.278. The third-order valence-corrected chi connectivity index (χ3v) is 6.31. The van der Waals surface area contributed by atoms with E-state index in [4.69, 9.17) is 11.6 Å². The highest BCUT2D eigenvalue weighted by Gasteiger charge is 2.27. The molecule has 1 aliphatic rings. The maximum absolute atomic E-state index is 12.5. The number of nitrogens with zero attached hydrogens (tertiary/aromatic N) is 1. The fourth-order valence-corrected chi connectivity index (χ4v) is 4.52. The van der Waals surface area contributed by atoms with Gasteiger partial charge in [-0.25, -0.2) is 8.42 Å². The standard InChI is InChI=1S/C18H19ClN2O3S/c19-16-5-3-4-14(12-16)13-20-18(22)15-6-8-17(9-7-15)25(23,24)21-10-1-2-11-21/h3-9,12H,1-2,10-11,13H2,(H,20,22). The molecule has 2 aromatic rings. The molecule has 0 aliphatic carbocycles. The molecule has 0 radical (unpaired) electrons. The van der Waals surface area contributed by atoms with Gasteiger partial charge in [0.2, 0.25) is 10.0 Å². The molecular weight excluding hydrogens is 360 g/mol. The Hall–Kier alpha value is -1.89. The van der Waals surface area contributed by atoms with Crippen LogP contribution in [0, 0.1) is 0 Å². The van der Waals surface area contributed by atoms with Gasteiger partial charge in [0.15, 0.2) is 0 Å². The predicted molar refractivity (Wildman–Crippen MR) is 97.1 cm³/mol. The number of hydrogen-bond donors (Lipinski definition) is 1. The smallest absolute Gasteiger partial charge is 0.251 e. The molecule has 1 fully saturated rings. The number of amides is 1. The van der Waals surface area contributed by atoms with Crippen molar-refractivity contribution >= 4 is 27.5 Å². The van der Waals surface area contributed by atoms with Gasteiger partial charge in [0.1, 0.15) is 0 Å². The lowest BCUT2D eigenvalue weighted by Crippen LogP contribution is -2.28. The van der Waals surface area contributed by atoms with Gasteiger partial charge < -0.3 is 5.32 Å². The molecule has 1 heterocycles. The van der Waals surface area contributed by atoms with Gasteiger partial charge in [0.25, 0.3) is 5.91 Å². The summed E-state index contributed by atoms with van der Waals surface area (Å²) >= 11 is 5.92. The van der Waals surface area contributed by atoms with E-state index in [0.29, 0.717) is 30.2 Å². The van der Waals surface area contributed by atoms with Crippen molar-refractivity contribution in [3.63, 3.8) is 0 Å². The second-order valence-electron chi connectivity index (χ2n) is 5.95. The molecule has 0 saturated carbocycles. The molecule has 3 rings (SSSR count). The van der Waals surface area contributed by atoms with Crippen LogP contribution in [0.15, 0.2) is 53.4 Å². The lowest BCUT2D eigenvalue weighted by molar-refractivity contribution is 0.0951. The van der Waals surface area contributed by atoms with E-state index in [0.717, 1.165) is 18.4 Å². The van der Waals surface area contributed by atoms with Crippen LogP contribution in [-0.4, -0.2) is 31.7 Å². The molecular formula is C18H19ClN2O3S. The van der Waals surface area contributed by atoms with Crippen LogP contribution < -0.4 is 5.32 Å². The van der Waals surface area contributed by atoms with Gasteiger partial charge >= 0.3 is 0 Å². The zero-order valence-electron chi connectivity index (χ0n) is 13.6. The first-order chi connectivity index (χ1) is 12.0. The summed E-state index contributed by atoms with van der Waals surface area (Å²) in [5, 5.41) is 3.41. The lowest BCUT2D eigenvalue weighted by atomic mass is 10.2. The SMILES string of the molecule is O=C(NCc1cccc(Cl)c1)c1ccc(S(=O)(=O)N2CCCC2)cc1. The molecule has 1 saturated heterocycles. The number of hydrogen-bond acceptors (Lipinski definition) is 3. The highest BCUT2D eigenvalue weighted by Crippen LogP contribution is 2.21. The van der Waals surface area contributed by atoms with Gasteiger partial charge in [-0.05, 0) is 54.8 Å². The Morgan fingerprint density at radius 3 is 2.40 bits per heavy atom. The normalized spacial score (nSPS) is 15.2. The van der Waals surface area contributed by atoms with Gasteiger partial charge in [-0.15, -0.1) is 0 Å². The summed E-state index contributed by atoms with van der Waals surface area (Å²) in [6.07, 6.45) is 1.78. The first-order valence-electron chi connectivity index (χ1n) is 8.10. The summed E-state index contributed by atoms with van der Waals surface area (Å²) in [7, 11) is -3.45.